The topological polar surface area (TPSA) is 55.8 Å². The van der Waals surface area contributed by atoms with E-state index < -0.39 is 15.8 Å². The maximum absolute atomic E-state index is 13.3. The fraction of sp³-hybridized carbons (Fsp3) is 0.400. The number of sulfonamides is 1. The van der Waals surface area contributed by atoms with E-state index in [1.54, 1.807) is 0 Å². The summed E-state index contributed by atoms with van der Waals surface area (Å²) in [6.45, 7) is 0.844. The number of hydrogen-bond donors (Lipinski definition) is 0. The average Bonchev–Trinajstić information content (AvgIpc) is 2.69. The maximum atomic E-state index is 13.3. The molecule has 1 fully saturated rings. The SMILES string of the molecule is COc1cc(F)ccc1OC1CCN(S(=O)(=O)CCc2ccccc2)CC1. The van der Waals surface area contributed by atoms with Crippen molar-refractivity contribution in [3.63, 3.8) is 0 Å². The third kappa shape index (κ3) is 5.20. The van der Waals surface area contributed by atoms with E-state index in [4.69, 9.17) is 9.47 Å². The highest BCUT2D eigenvalue weighted by molar-refractivity contribution is 7.89. The van der Waals surface area contributed by atoms with Crippen molar-refractivity contribution in [3.05, 3.63) is 59.9 Å². The van der Waals surface area contributed by atoms with Crippen molar-refractivity contribution in [1.82, 2.24) is 4.31 Å². The molecule has 2 aromatic carbocycles. The molecule has 1 aliphatic heterocycles. The van der Waals surface area contributed by atoms with Crippen LogP contribution in [-0.4, -0.2) is 44.8 Å². The molecule has 0 N–H and O–H groups in total. The fourth-order valence-corrected chi connectivity index (χ4v) is 4.69. The molecular weight excluding hydrogens is 369 g/mol. The van der Waals surface area contributed by atoms with Crippen LogP contribution in [0.4, 0.5) is 4.39 Å². The molecule has 0 aromatic heterocycles. The number of nitrogens with zero attached hydrogens (tertiary/aromatic N) is 1. The zero-order valence-corrected chi connectivity index (χ0v) is 16.1. The largest absolute Gasteiger partial charge is 0.493 e. The summed E-state index contributed by atoms with van der Waals surface area (Å²) in [7, 11) is -1.83. The van der Waals surface area contributed by atoms with Crippen molar-refractivity contribution in [1.29, 1.82) is 0 Å². The highest BCUT2D eigenvalue weighted by atomic mass is 32.2. The molecule has 27 heavy (non-hydrogen) atoms. The lowest BCUT2D eigenvalue weighted by molar-refractivity contribution is 0.131. The molecule has 0 amide bonds. The lowest BCUT2D eigenvalue weighted by Crippen LogP contribution is -2.43. The average molecular weight is 393 g/mol. The van der Waals surface area contributed by atoms with Crippen molar-refractivity contribution in [3.8, 4) is 11.5 Å². The Labute approximate surface area is 159 Å². The molecule has 5 nitrogen and oxygen atoms in total. The van der Waals surface area contributed by atoms with E-state index >= 15 is 0 Å². The molecule has 3 rings (SSSR count). The zero-order chi connectivity index (χ0) is 19.3. The van der Waals surface area contributed by atoms with Gasteiger partial charge in [0.2, 0.25) is 10.0 Å². The smallest absolute Gasteiger partial charge is 0.214 e. The molecule has 0 bridgehead atoms. The van der Waals surface area contributed by atoms with Crippen LogP contribution < -0.4 is 9.47 Å². The summed E-state index contributed by atoms with van der Waals surface area (Å²) in [5.74, 6) is 0.532. The summed E-state index contributed by atoms with van der Waals surface area (Å²) in [5, 5.41) is 0. The lowest BCUT2D eigenvalue weighted by atomic mass is 10.1. The summed E-state index contributed by atoms with van der Waals surface area (Å²) in [4.78, 5) is 0. The van der Waals surface area contributed by atoms with E-state index in [1.807, 2.05) is 30.3 Å². The van der Waals surface area contributed by atoms with Gasteiger partial charge in [-0.2, -0.15) is 0 Å². The molecule has 1 saturated heterocycles. The number of halogens is 1. The van der Waals surface area contributed by atoms with Gasteiger partial charge in [-0.1, -0.05) is 30.3 Å². The van der Waals surface area contributed by atoms with Gasteiger partial charge in [0.05, 0.1) is 12.9 Å². The van der Waals surface area contributed by atoms with Gasteiger partial charge in [-0.3, -0.25) is 0 Å². The number of rotatable bonds is 7. The molecule has 2 aromatic rings. The molecule has 0 radical (unpaired) electrons. The fourth-order valence-electron chi connectivity index (χ4n) is 3.17. The highest BCUT2D eigenvalue weighted by Crippen LogP contribution is 2.30. The predicted octanol–water partition coefficient (Wildman–Crippen LogP) is 3.25. The van der Waals surface area contributed by atoms with E-state index in [2.05, 4.69) is 0 Å². The Morgan fingerprint density at radius 3 is 2.44 bits per heavy atom. The van der Waals surface area contributed by atoms with Gasteiger partial charge in [0.25, 0.3) is 0 Å². The van der Waals surface area contributed by atoms with Crippen LogP contribution in [-0.2, 0) is 16.4 Å². The predicted molar refractivity (Wildman–Crippen MR) is 102 cm³/mol. The lowest BCUT2D eigenvalue weighted by Gasteiger charge is -2.31. The van der Waals surface area contributed by atoms with Gasteiger partial charge in [-0.15, -0.1) is 0 Å². The minimum Gasteiger partial charge on any atom is -0.493 e. The van der Waals surface area contributed by atoms with E-state index in [0.717, 1.165) is 5.56 Å². The number of methoxy groups -OCH3 is 1. The molecule has 0 aliphatic carbocycles. The summed E-state index contributed by atoms with van der Waals surface area (Å²) >= 11 is 0. The van der Waals surface area contributed by atoms with E-state index in [9.17, 15) is 12.8 Å². The second-order valence-electron chi connectivity index (χ2n) is 6.56. The minimum atomic E-state index is -3.29. The Kier molecular flexibility index (Phi) is 6.34. The van der Waals surface area contributed by atoms with Gasteiger partial charge in [-0.25, -0.2) is 17.1 Å². The van der Waals surface area contributed by atoms with Gasteiger partial charge in [-0.05, 0) is 37.0 Å². The Morgan fingerprint density at radius 2 is 1.78 bits per heavy atom. The van der Waals surface area contributed by atoms with Crippen LogP contribution in [0.1, 0.15) is 18.4 Å². The molecule has 1 heterocycles. The molecule has 146 valence electrons. The summed E-state index contributed by atoms with van der Waals surface area (Å²) in [5.41, 5.74) is 1.02. The maximum Gasteiger partial charge on any atom is 0.214 e. The molecule has 0 saturated carbocycles. The molecular formula is C20H24FNO4S. The van der Waals surface area contributed by atoms with E-state index in [1.165, 1.54) is 29.6 Å². The molecule has 0 unspecified atom stereocenters. The first-order valence-corrected chi connectivity index (χ1v) is 10.6. The highest BCUT2D eigenvalue weighted by Gasteiger charge is 2.29. The number of ether oxygens (including phenoxy) is 2. The second kappa shape index (κ2) is 8.71. The number of aryl methyl sites for hydroxylation is 1. The van der Waals surface area contributed by atoms with Gasteiger partial charge in [0.1, 0.15) is 11.9 Å². The number of piperidine rings is 1. The Balaban J connectivity index is 1.53. The van der Waals surface area contributed by atoms with Gasteiger partial charge >= 0.3 is 0 Å². The quantitative estimate of drug-likeness (QED) is 0.725. The molecule has 7 heteroatoms. The third-order valence-electron chi connectivity index (χ3n) is 4.71. The molecule has 0 atom stereocenters. The first-order valence-electron chi connectivity index (χ1n) is 9.00. The van der Waals surface area contributed by atoms with Gasteiger partial charge in [0, 0.05) is 19.2 Å². The monoisotopic (exact) mass is 393 g/mol. The third-order valence-corrected chi connectivity index (χ3v) is 6.58. The van der Waals surface area contributed by atoms with Gasteiger partial charge in [0.15, 0.2) is 11.5 Å². The summed E-state index contributed by atoms with van der Waals surface area (Å²) in [6, 6.07) is 13.7. The van der Waals surface area contributed by atoms with Crippen molar-refractivity contribution >= 4 is 10.0 Å². The molecule has 0 spiro atoms. The van der Waals surface area contributed by atoms with Crippen molar-refractivity contribution in [2.75, 3.05) is 26.0 Å². The number of hydrogen-bond acceptors (Lipinski definition) is 4. The van der Waals surface area contributed by atoms with Crippen molar-refractivity contribution in [2.45, 2.75) is 25.4 Å². The van der Waals surface area contributed by atoms with Crippen LogP contribution in [0.25, 0.3) is 0 Å². The number of benzene rings is 2. The summed E-state index contributed by atoms with van der Waals surface area (Å²) < 4.78 is 51.0. The van der Waals surface area contributed by atoms with Crippen molar-refractivity contribution < 1.29 is 22.3 Å². The van der Waals surface area contributed by atoms with Crippen LogP contribution in [0.15, 0.2) is 48.5 Å². The second-order valence-corrected chi connectivity index (χ2v) is 8.65. The zero-order valence-electron chi connectivity index (χ0n) is 15.3. The Bertz CT molecular complexity index is 850. The Morgan fingerprint density at radius 1 is 1.07 bits per heavy atom. The first kappa shape index (κ1) is 19.6. The Hall–Kier alpha value is -2.12. The normalized spacial score (nSPS) is 16.2. The standard InChI is InChI=1S/C20H24FNO4S/c1-25-20-15-17(21)7-8-19(20)26-18-9-12-22(13-10-18)27(23,24)14-11-16-5-3-2-4-6-16/h2-8,15,18H,9-14H2,1H3. The minimum absolute atomic E-state index is 0.105. The van der Waals surface area contributed by atoms with Crippen molar-refractivity contribution in [2.24, 2.45) is 0 Å². The van der Waals surface area contributed by atoms with Gasteiger partial charge < -0.3 is 9.47 Å². The van der Waals surface area contributed by atoms with Crippen LogP contribution >= 0.6 is 0 Å². The van der Waals surface area contributed by atoms with Crippen LogP contribution in [0.5, 0.6) is 11.5 Å². The first-order chi connectivity index (χ1) is 13.0. The molecule has 1 aliphatic rings. The van der Waals surface area contributed by atoms with Crippen LogP contribution in [0.3, 0.4) is 0 Å². The van der Waals surface area contributed by atoms with E-state index in [0.29, 0.717) is 43.9 Å². The summed E-state index contributed by atoms with van der Waals surface area (Å²) in [6.07, 6.45) is 1.56. The van der Waals surface area contributed by atoms with Crippen LogP contribution in [0, 0.1) is 5.82 Å². The van der Waals surface area contributed by atoms with Crippen LogP contribution in [0.2, 0.25) is 0 Å². The van der Waals surface area contributed by atoms with E-state index in [-0.39, 0.29) is 11.9 Å².